The smallest absolute Gasteiger partial charge is 0.491 e. The lowest BCUT2D eigenvalue weighted by Crippen LogP contribution is -2.48. The minimum atomic E-state index is -4.82. The molecule has 1 unspecified atom stereocenters. The number of amides is 1. The number of nitrogens with zero attached hydrogens (tertiary/aromatic N) is 1. The fraction of sp³-hybridized carbons (Fsp3) is 0.235. The van der Waals surface area contributed by atoms with Crippen LogP contribution in [0.1, 0.15) is 11.1 Å². The second-order valence-electron chi connectivity index (χ2n) is 6.02. The number of hydrogen-bond acceptors (Lipinski definition) is 4. The molecule has 0 bridgehead atoms. The molecule has 0 fully saturated rings. The summed E-state index contributed by atoms with van der Waals surface area (Å²) in [5.74, 6) is 0.0943. The predicted molar refractivity (Wildman–Crippen MR) is 78.8 cm³/mol. The third kappa shape index (κ3) is 1.66. The summed E-state index contributed by atoms with van der Waals surface area (Å²) in [6.45, 7) is -0.182. The van der Waals surface area contributed by atoms with Gasteiger partial charge in [-0.25, -0.2) is 4.90 Å². The quantitative estimate of drug-likeness (QED) is 0.686. The van der Waals surface area contributed by atoms with Gasteiger partial charge in [0.15, 0.2) is 11.5 Å². The molecule has 0 N–H and O–H groups in total. The minimum Gasteiger partial charge on any atom is -0.491 e. The molecule has 3 aliphatic heterocycles. The molecule has 0 saturated heterocycles. The van der Waals surface area contributed by atoms with Gasteiger partial charge in [-0.15, -0.1) is 13.2 Å². The molecule has 0 saturated carbocycles. The van der Waals surface area contributed by atoms with Gasteiger partial charge in [-0.05, 0) is 17.7 Å². The molecule has 3 aliphatic rings. The zero-order valence-corrected chi connectivity index (χ0v) is 12.6. The fourth-order valence-corrected chi connectivity index (χ4v) is 3.74. The van der Waals surface area contributed by atoms with Crippen molar-refractivity contribution in [3.8, 4) is 17.2 Å². The van der Waals surface area contributed by atoms with E-state index in [1.807, 2.05) is 0 Å². The lowest BCUT2D eigenvalue weighted by molar-refractivity contribution is -0.151. The number of carbonyl (C=O) groups excluding carboxylic acids is 1. The molecule has 0 radical (unpaired) electrons. The van der Waals surface area contributed by atoms with Crippen molar-refractivity contribution in [2.75, 3.05) is 18.3 Å². The molecule has 2 aromatic carbocycles. The maximum atomic E-state index is 13.5. The van der Waals surface area contributed by atoms with Crippen molar-refractivity contribution < 1.29 is 32.2 Å². The number of halogens is 3. The highest BCUT2D eigenvalue weighted by molar-refractivity contribution is 6.12. The SMILES string of the molecule is O=C1N(C(F)(F)F)c2ccccc2C12COc1cc3c(cc12)OCO3. The summed E-state index contributed by atoms with van der Waals surface area (Å²) in [6.07, 6.45) is -4.82. The van der Waals surface area contributed by atoms with E-state index in [1.165, 1.54) is 18.2 Å². The topological polar surface area (TPSA) is 48.0 Å². The van der Waals surface area contributed by atoms with Crippen molar-refractivity contribution in [2.24, 2.45) is 0 Å². The largest absolute Gasteiger partial charge is 0.491 e. The summed E-state index contributed by atoms with van der Waals surface area (Å²) < 4.78 is 56.8. The molecular formula is C17H10F3NO4. The zero-order valence-electron chi connectivity index (χ0n) is 12.6. The van der Waals surface area contributed by atoms with Crippen molar-refractivity contribution in [3.05, 3.63) is 47.5 Å². The first-order valence-electron chi connectivity index (χ1n) is 7.51. The summed E-state index contributed by atoms with van der Waals surface area (Å²) in [5, 5.41) is 0. The van der Waals surface area contributed by atoms with E-state index in [-0.39, 0.29) is 29.6 Å². The van der Waals surface area contributed by atoms with Crippen LogP contribution in [-0.4, -0.2) is 25.6 Å². The number of anilines is 1. The summed E-state index contributed by atoms with van der Waals surface area (Å²) in [6, 6.07) is 9.00. The Kier molecular flexibility index (Phi) is 2.53. The van der Waals surface area contributed by atoms with Crippen molar-refractivity contribution in [1.29, 1.82) is 0 Å². The van der Waals surface area contributed by atoms with Gasteiger partial charge in [0.1, 0.15) is 17.8 Å². The van der Waals surface area contributed by atoms with Gasteiger partial charge in [-0.3, -0.25) is 4.79 Å². The lowest BCUT2D eigenvalue weighted by Gasteiger charge is -2.24. The van der Waals surface area contributed by atoms with E-state index in [4.69, 9.17) is 14.2 Å². The third-order valence-corrected chi connectivity index (χ3v) is 4.81. The van der Waals surface area contributed by atoms with Gasteiger partial charge in [0.25, 0.3) is 5.91 Å². The normalized spacial score (nSPS) is 23.0. The standard InChI is InChI=1S/C17H10F3NO4/c18-17(19,20)21-11-4-2-1-3-9(11)16(15(21)22)7-23-12-6-14-13(5-10(12)16)24-8-25-14/h1-6H,7-8H2. The molecule has 128 valence electrons. The van der Waals surface area contributed by atoms with Gasteiger partial charge in [-0.2, -0.15) is 0 Å². The molecule has 5 nitrogen and oxygen atoms in total. The zero-order chi connectivity index (χ0) is 17.4. The number of fused-ring (bicyclic) bond motifs is 5. The number of alkyl halides is 3. The van der Waals surface area contributed by atoms with Crippen molar-refractivity contribution in [1.82, 2.24) is 0 Å². The lowest BCUT2D eigenvalue weighted by atomic mass is 9.77. The van der Waals surface area contributed by atoms with Crippen LogP contribution in [0, 0.1) is 0 Å². The van der Waals surface area contributed by atoms with Crippen LogP contribution >= 0.6 is 0 Å². The first-order valence-corrected chi connectivity index (χ1v) is 7.51. The second kappa shape index (κ2) is 4.38. The average Bonchev–Trinajstić information content (AvgIpc) is 3.22. The molecule has 8 heteroatoms. The van der Waals surface area contributed by atoms with Gasteiger partial charge in [0.2, 0.25) is 6.79 Å². The number of hydrogen-bond donors (Lipinski definition) is 0. The van der Waals surface area contributed by atoms with Crippen molar-refractivity contribution >= 4 is 11.6 Å². The van der Waals surface area contributed by atoms with Gasteiger partial charge >= 0.3 is 6.30 Å². The molecular weight excluding hydrogens is 339 g/mol. The highest BCUT2D eigenvalue weighted by Crippen LogP contribution is 2.56. The van der Waals surface area contributed by atoms with E-state index >= 15 is 0 Å². The summed E-state index contributed by atoms with van der Waals surface area (Å²) in [5.41, 5.74) is -1.08. The van der Waals surface area contributed by atoms with Gasteiger partial charge < -0.3 is 14.2 Å². The second-order valence-corrected chi connectivity index (χ2v) is 6.02. The summed E-state index contributed by atoms with van der Waals surface area (Å²) >= 11 is 0. The number of rotatable bonds is 0. The predicted octanol–water partition coefficient (Wildman–Crippen LogP) is 2.96. The molecule has 1 amide bonds. The van der Waals surface area contributed by atoms with Crippen LogP contribution < -0.4 is 19.1 Å². The maximum absolute atomic E-state index is 13.5. The highest BCUT2D eigenvalue weighted by atomic mass is 19.4. The van der Waals surface area contributed by atoms with Crippen LogP contribution in [0.4, 0.5) is 18.9 Å². The van der Waals surface area contributed by atoms with Crippen molar-refractivity contribution in [2.45, 2.75) is 11.7 Å². The molecule has 0 aromatic heterocycles. The molecule has 1 spiro atoms. The van der Waals surface area contributed by atoms with Gasteiger partial charge in [-0.1, -0.05) is 18.2 Å². The first-order chi connectivity index (χ1) is 11.9. The Morgan fingerprint density at radius 2 is 1.68 bits per heavy atom. The Hall–Kier alpha value is -2.90. The Bertz CT molecular complexity index is 927. The molecule has 5 rings (SSSR count). The van der Waals surface area contributed by atoms with E-state index in [2.05, 4.69) is 0 Å². The van der Waals surface area contributed by atoms with E-state index in [9.17, 15) is 18.0 Å². The van der Waals surface area contributed by atoms with Gasteiger partial charge in [0, 0.05) is 11.6 Å². The highest BCUT2D eigenvalue weighted by Gasteiger charge is 2.62. The number of benzene rings is 2. The molecule has 0 aliphatic carbocycles. The fourth-order valence-electron chi connectivity index (χ4n) is 3.74. The maximum Gasteiger partial charge on any atom is 0.491 e. The van der Waals surface area contributed by atoms with E-state index in [0.717, 1.165) is 0 Å². The van der Waals surface area contributed by atoms with Crippen molar-refractivity contribution in [3.63, 3.8) is 0 Å². The number of para-hydroxylation sites is 1. The molecule has 1 atom stereocenters. The van der Waals surface area contributed by atoms with E-state index < -0.39 is 17.6 Å². The van der Waals surface area contributed by atoms with Crippen LogP contribution in [0.2, 0.25) is 0 Å². The number of carbonyl (C=O) groups is 1. The van der Waals surface area contributed by atoms with Crippen LogP contribution in [0.15, 0.2) is 36.4 Å². The van der Waals surface area contributed by atoms with E-state index in [0.29, 0.717) is 22.8 Å². The number of ether oxygens (including phenoxy) is 3. The minimum absolute atomic E-state index is 0.0183. The van der Waals surface area contributed by atoms with Crippen LogP contribution in [0.3, 0.4) is 0 Å². The Morgan fingerprint density at radius 1 is 0.960 bits per heavy atom. The van der Waals surface area contributed by atoms with Crippen LogP contribution in [-0.2, 0) is 10.2 Å². The summed E-state index contributed by atoms with van der Waals surface area (Å²) in [7, 11) is 0. The molecule has 2 aromatic rings. The molecule has 25 heavy (non-hydrogen) atoms. The monoisotopic (exact) mass is 349 g/mol. The van der Waals surface area contributed by atoms with Gasteiger partial charge in [0.05, 0.1) is 5.69 Å². The third-order valence-electron chi connectivity index (χ3n) is 4.81. The van der Waals surface area contributed by atoms with Crippen LogP contribution in [0.25, 0.3) is 0 Å². The Labute approximate surface area is 139 Å². The molecule has 3 heterocycles. The average molecular weight is 349 g/mol. The summed E-state index contributed by atoms with van der Waals surface area (Å²) in [4.78, 5) is 12.8. The van der Waals surface area contributed by atoms with Crippen LogP contribution in [0.5, 0.6) is 17.2 Å². The Morgan fingerprint density at radius 3 is 2.44 bits per heavy atom. The van der Waals surface area contributed by atoms with E-state index in [1.54, 1.807) is 18.2 Å². The Balaban J connectivity index is 1.78. The first kappa shape index (κ1) is 14.4.